The lowest BCUT2D eigenvalue weighted by atomic mass is 10.1. The number of aromatic nitrogens is 2. The van der Waals surface area contributed by atoms with Gasteiger partial charge in [-0.1, -0.05) is 25.0 Å². The summed E-state index contributed by atoms with van der Waals surface area (Å²) in [6.45, 7) is 4.33. The summed E-state index contributed by atoms with van der Waals surface area (Å²) in [5.74, 6) is 2.79. The zero-order valence-electron chi connectivity index (χ0n) is 13.3. The third-order valence-corrected chi connectivity index (χ3v) is 5.12. The van der Waals surface area contributed by atoms with Gasteiger partial charge < -0.3 is 9.80 Å². The first-order chi connectivity index (χ1) is 10.8. The molecule has 0 atom stereocenters. The summed E-state index contributed by atoms with van der Waals surface area (Å²) in [7, 11) is 2.19. The van der Waals surface area contributed by atoms with Crippen molar-refractivity contribution in [2.24, 2.45) is 0 Å². The number of hydrogen-bond donors (Lipinski definition) is 0. The fourth-order valence-corrected chi connectivity index (χ4v) is 3.70. The zero-order chi connectivity index (χ0) is 14.9. The van der Waals surface area contributed by atoms with Gasteiger partial charge in [-0.15, -0.1) is 0 Å². The van der Waals surface area contributed by atoms with Crippen LogP contribution in [0, 0.1) is 0 Å². The van der Waals surface area contributed by atoms with Crippen molar-refractivity contribution in [2.75, 3.05) is 38.1 Å². The highest BCUT2D eigenvalue weighted by Gasteiger charge is 2.24. The number of para-hydroxylation sites is 1. The summed E-state index contributed by atoms with van der Waals surface area (Å²) in [6, 6.07) is 8.48. The van der Waals surface area contributed by atoms with Crippen LogP contribution in [-0.2, 0) is 0 Å². The number of rotatable bonds is 2. The van der Waals surface area contributed by atoms with Gasteiger partial charge >= 0.3 is 0 Å². The first-order valence-corrected chi connectivity index (χ1v) is 8.51. The first kappa shape index (κ1) is 13.9. The van der Waals surface area contributed by atoms with Gasteiger partial charge in [-0.3, -0.25) is 0 Å². The Balaban J connectivity index is 1.77. The molecule has 1 aliphatic heterocycles. The molecule has 116 valence electrons. The maximum absolute atomic E-state index is 5.03. The molecule has 1 aromatic heterocycles. The standard InChI is InChI=1S/C18H24N4/c1-21-10-12-22(13-11-21)18-15-8-4-5-9-16(15)19-17(20-18)14-6-2-3-7-14/h4-5,8-9,14H,2-3,6-7,10-13H2,1H3. The Bertz CT molecular complexity index is 655. The Hall–Kier alpha value is -1.68. The minimum Gasteiger partial charge on any atom is -0.353 e. The van der Waals surface area contributed by atoms with Gasteiger partial charge in [-0.2, -0.15) is 0 Å². The van der Waals surface area contributed by atoms with Crippen LogP contribution in [-0.4, -0.2) is 48.1 Å². The highest BCUT2D eigenvalue weighted by molar-refractivity contribution is 5.89. The highest BCUT2D eigenvalue weighted by Crippen LogP contribution is 2.35. The second-order valence-electron chi connectivity index (χ2n) is 6.69. The minimum atomic E-state index is 0.566. The van der Waals surface area contributed by atoms with Crippen molar-refractivity contribution in [1.29, 1.82) is 0 Å². The summed E-state index contributed by atoms with van der Waals surface area (Å²) in [5.41, 5.74) is 1.10. The van der Waals surface area contributed by atoms with Crippen LogP contribution in [0.5, 0.6) is 0 Å². The summed E-state index contributed by atoms with van der Waals surface area (Å²) in [5, 5.41) is 1.20. The Morgan fingerprint density at radius 1 is 0.955 bits per heavy atom. The molecular formula is C18H24N4. The number of anilines is 1. The molecule has 0 unspecified atom stereocenters. The van der Waals surface area contributed by atoms with Crippen LogP contribution in [0.15, 0.2) is 24.3 Å². The monoisotopic (exact) mass is 296 g/mol. The molecule has 0 N–H and O–H groups in total. The number of piperazine rings is 1. The van der Waals surface area contributed by atoms with Crippen molar-refractivity contribution in [3.8, 4) is 0 Å². The average molecular weight is 296 g/mol. The van der Waals surface area contributed by atoms with E-state index in [1.165, 1.54) is 31.1 Å². The van der Waals surface area contributed by atoms with Gasteiger partial charge in [-0.25, -0.2) is 9.97 Å². The van der Waals surface area contributed by atoms with Gasteiger partial charge in [0.1, 0.15) is 11.6 Å². The molecular weight excluding hydrogens is 272 g/mol. The molecule has 1 saturated heterocycles. The Kier molecular flexibility index (Phi) is 3.70. The molecule has 4 heteroatoms. The molecule has 2 aliphatic rings. The summed E-state index contributed by atoms with van der Waals surface area (Å²) in [4.78, 5) is 14.7. The summed E-state index contributed by atoms with van der Waals surface area (Å²) in [6.07, 6.45) is 5.15. The minimum absolute atomic E-state index is 0.566. The third-order valence-electron chi connectivity index (χ3n) is 5.12. The zero-order valence-corrected chi connectivity index (χ0v) is 13.3. The Morgan fingerprint density at radius 2 is 1.68 bits per heavy atom. The molecule has 2 heterocycles. The predicted octanol–water partition coefficient (Wildman–Crippen LogP) is 3.04. The first-order valence-electron chi connectivity index (χ1n) is 8.51. The summed E-state index contributed by atoms with van der Waals surface area (Å²) < 4.78 is 0. The fraction of sp³-hybridized carbons (Fsp3) is 0.556. The molecule has 22 heavy (non-hydrogen) atoms. The van der Waals surface area contributed by atoms with Crippen molar-refractivity contribution in [2.45, 2.75) is 31.6 Å². The van der Waals surface area contributed by atoms with Crippen LogP contribution in [0.2, 0.25) is 0 Å². The van der Waals surface area contributed by atoms with Crippen LogP contribution in [0.4, 0.5) is 5.82 Å². The van der Waals surface area contributed by atoms with Crippen molar-refractivity contribution >= 4 is 16.7 Å². The average Bonchev–Trinajstić information content (AvgIpc) is 3.09. The normalized spacial score (nSPS) is 20.9. The van der Waals surface area contributed by atoms with Crippen LogP contribution in [0.3, 0.4) is 0 Å². The molecule has 0 spiro atoms. The van der Waals surface area contributed by atoms with Crippen LogP contribution < -0.4 is 4.90 Å². The van der Waals surface area contributed by atoms with E-state index in [0.717, 1.165) is 43.3 Å². The van der Waals surface area contributed by atoms with Crippen LogP contribution >= 0.6 is 0 Å². The van der Waals surface area contributed by atoms with Gasteiger partial charge in [0.15, 0.2) is 0 Å². The van der Waals surface area contributed by atoms with E-state index in [0.29, 0.717) is 5.92 Å². The maximum atomic E-state index is 5.03. The lowest BCUT2D eigenvalue weighted by Crippen LogP contribution is -2.45. The van der Waals surface area contributed by atoms with Crippen molar-refractivity contribution in [1.82, 2.24) is 14.9 Å². The molecule has 4 nitrogen and oxygen atoms in total. The van der Waals surface area contributed by atoms with Crippen molar-refractivity contribution in [3.63, 3.8) is 0 Å². The molecule has 1 aliphatic carbocycles. The molecule has 1 saturated carbocycles. The van der Waals surface area contributed by atoms with E-state index in [1.54, 1.807) is 0 Å². The summed E-state index contributed by atoms with van der Waals surface area (Å²) >= 11 is 0. The topological polar surface area (TPSA) is 32.3 Å². The molecule has 0 amide bonds. The molecule has 1 aromatic carbocycles. The molecule has 2 aromatic rings. The molecule has 4 rings (SSSR count). The van der Waals surface area contributed by atoms with Gasteiger partial charge in [-0.05, 0) is 32.0 Å². The van der Waals surface area contributed by atoms with Gasteiger partial charge in [0, 0.05) is 37.5 Å². The number of fused-ring (bicyclic) bond motifs is 1. The molecule has 2 fully saturated rings. The van der Waals surface area contributed by atoms with Gasteiger partial charge in [0.2, 0.25) is 0 Å². The number of nitrogens with zero attached hydrogens (tertiary/aromatic N) is 4. The van der Waals surface area contributed by atoms with E-state index >= 15 is 0 Å². The Morgan fingerprint density at radius 3 is 2.45 bits per heavy atom. The van der Waals surface area contributed by atoms with E-state index in [4.69, 9.17) is 9.97 Å². The predicted molar refractivity (Wildman–Crippen MR) is 90.5 cm³/mol. The number of likely N-dealkylation sites (N-methyl/N-ethyl adjacent to an activating group) is 1. The lowest BCUT2D eigenvalue weighted by Gasteiger charge is -2.34. The maximum Gasteiger partial charge on any atom is 0.140 e. The van der Waals surface area contributed by atoms with E-state index in [9.17, 15) is 0 Å². The van der Waals surface area contributed by atoms with Crippen LogP contribution in [0.1, 0.15) is 37.4 Å². The van der Waals surface area contributed by atoms with Crippen molar-refractivity contribution < 1.29 is 0 Å². The van der Waals surface area contributed by atoms with E-state index in [1.807, 2.05) is 0 Å². The van der Waals surface area contributed by atoms with Gasteiger partial charge in [0.05, 0.1) is 5.52 Å². The third kappa shape index (κ3) is 2.56. The van der Waals surface area contributed by atoms with Crippen LogP contribution in [0.25, 0.3) is 10.9 Å². The fourth-order valence-electron chi connectivity index (χ4n) is 3.70. The number of hydrogen-bond acceptors (Lipinski definition) is 4. The molecule has 0 radical (unpaired) electrons. The highest BCUT2D eigenvalue weighted by atomic mass is 15.3. The molecule has 0 bridgehead atoms. The van der Waals surface area contributed by atoms with E-state index in [-0.39, 0.29) is 0 Å². The van der Waals surface area contributed by atoms with Crippen molar-refractivity contribution in [3.05, 3.63) is 30.1 Å². The van der Waals surface area contributed by atoms with E-state index in [2.05, 4.69) is 41.1 Å². The van der Waals surface area contributed by atoms with E-state index < -0.39 is 0 Å². The SMILES string of the molecule is CN1CCN(c2nc(C3CCCC3)nc3ccccc23)CC1. The second-order valence-corrected chi connectivity index (χ2v) is 6.69. The largest absolute Gasteiger partial charge is 0.353 e. The Labute approximate surface area is 132 Å². The quantitative estimate of drug-likeness (QED) is 0.852. The second kappa shape index (κ2) is 5.84. The smallest absolute Gasteiger partial charge is 0.140 e. The number of benzene rings is 1. The van der Waals surface area contributed by atoms with Gasteiger partial charge in [0.25, 0.3) is 0 Å². The lowest BCUT2D eigenvalue weighted by molar-refractivity contribution is 0.312.